The largest absolute Gasteiger partial charge is 0.437 e. The van der Waals surface area contributed by atoms with Gasteiger partial charge in [-0.1, -0.05) is 65.7 Å². The number of aromatic nitrogens is 2. The van der Waals surface area contributed by atoms with Crippen molar-refractivity contribution in [3.05, 3.63) is 95.6 Å². The monoisotopic (exact) mass is 456 g/mol. The molecule has 0 atom stereocenters. The maximum absolute atomic E-state index is 12.9. The summed E-state index contributed by atoms with van der Waals surface area (Å²) in [6, 6.07) is 24.7. The summed E-state index contributed by atoms with van der Waals surface area (Å²) in [5.41, 5.74) is 2.96. The molecule has 7 nitrogen and oxygen atoms in total. The number of nitrogens with zero attached hydrogens (tertiary/aromatic N) is 3. The molecule has 33 heavy (non-hydrogen) atoms. The van der Waals surface area contributed by atoms with E-state index in [0.717, 1.165) is 11.1 Å². The predicted molar refractivity (Wildman–Crippen MR) is 125 cm³/mol. The molecule has 0 fully saturated rings. The van der Waals surface area contributed by atoms with Gasteiger partial charge in [0.1, 0.15) is 17.4 Å². The summed E-state index contributed by atoms with van der Waals surface area (Å²) in [7, 11) is -3.96. The molecule has 0 amide bonds. The Morgan fingerprint density at radius 3 is 2.06 bits per heavy atom. The fourth-order valence-corrected chi connectivity index (χ4v) is 4.02. The Bertz CT molecular complexity index is 1430. The first-order valence-electron chi connectivity index (χ1n) is 10.1. The molecule has 0 radical (unpaired) electrons. The Labute approximate surface area is 192 Å². The van der Waals surface area contributed by atoms with E-state index in [1.807, 2.05) is 44.2 Å². The van der Waals surface area contributed by atoms with Gasteiger partial charge in [0.05, 0.1) is 10.6 Å². The molecule has 1 heterocycles. The first-order chi connectivity index (χ1) is 15.9. The molecule has 0 saturated carbocycles. The summed E-state index contributed by atoms with van der Waals surface area (Å²) in [5.74, 6) is 0.210. The highest BCUT2D eigenvalue weighted by atomic mass is 32.2. The van der Waals surface area contributed by atoms with E-state index in [0.29, 0.717) is 11.3 Å². The summed E-state index contributed by atoms with van der Waals surface area (Å²) in [6.45, 7) is 3.81. The van der Waals surface area contributed by atoms with Crippen molar-refractivity contribution in [3.63, 3.8) is 0 Å². The zero-order valence-electron chi connectivity index (χ0n) is 18.0. The Morgan fingerprint density at radius 1 is 0.848 bits per heavy atom. The van der Waals surface area contributed by atoms with Gasteiger partial charge in [0.25, 0.3) is 10.0 Å². The maximum atomic E-state index is 12.9. The average Bonchev–Trinajstić information content (AvgIpc) is 2.80. The molecule has 0 bridgehead atoms. The van der Waals surface area contributed by atoms with Crippen LogP contribution in [0.25, 0.3) is 11.3 Å². The van der Waals surface area contributed by atoms with Gasteiger partial charge >= 0.3 is 0 Å². The quantitative estimate of drug-likeness (QED) is 0.426. The second kappa shape index (κ2) is 9.10. The van der Waals surface area contributed by atoms with Crippen molar-refractivity contribution in [1.29, 1.82) is 5.26 Å². The Balaban J connectivity index is 1.83. The Hall–Kier alpha value is -4.22. The second-order valence-corrected chi connectivity index (χ2v) is 9.07. The molecule has 0 aliphatic carbocycles. The number of anilines is 1. The van der Waals surface area contributed by atoms with E-state index in [2.05, 4.69) is 20.8 Å². The highest BCUT2D eigenvalue weighted by molar-refractivity contribution is 7.92. The molecule has 164 valence electrons. The van der Waals surface area contributed by atoms with Crippen molar-refractivity contribution in [2.45, 2.75) is 18.7 Å². The van der Waals surface area contributed by atoms with Crippen molar-refractivity contribution < 1.29 is 13.2 Å². The topological polar surface area (TPSA) is 105 Å². The van der Waals surface area contributed by atoms with Crippen LogP contribution in [0, 0.1) is 25.2 Å². The number of hydrogen-bond acceptors (Lipinski definition) is 6. The summed E-state index contributed by atoms with van der Waals surface area (Å²) in [4.78, 5) is 8.67. The van der Waals surface area contributed by atoms with Crippen LogP contribution in [-0.4, -0.2) is 18.4 Å². The summed E-state index contributed by atoms with van der Waals surface area (Å²) in [6.07, 6.45) is 0. The first-order valence-corrected chi connectivity index (χ1v) is 11.6. The first kappa shape index (κ1) is 22.0. The zero-order valence-corrected chi connectivity index (χ0v) is 18.8. The van der Waals surface area contributed by atoms with Crippen LogP contribution in [0.3, 0.4) is 0 Å². The third-order valence-electron chi connectivity index (χ3n) is 4.83. The van der Waals surface area contributed by atoms with Crippen LogP contribution in [0.15, 0.2) is 83.8 Å². The Morgan fingerprint density at radius 2 is 1.45 bits per heavy atom. The molecular weight excluding hydrogens is 436 g/mol. The van der Waals surface area contributed by atoms with Gasteiger partial charge in [0.15, 0.2) is 0 Å². The Kier molecular flexibility index (Phi) is 6.07. The van der Waals surface area contributed by atoms with Crippen molar-refractivity contribution in [1.82, 2.24) is 9.97 Å². The molecule has 0 saturated heterocycles. The van der Waals surface area contributed by atoms with Gasteiger partial charge in [0, 0.05) is 5.56 Å². The lowest BCUT2D eigenvalue weighted by Crippen LogP contribution is -2.16. The number of aryl methyl sites for hydroxylation is 2. The molecule has 3 aromatic carbocycles. The van der Waals surface area contributed by atoms with Crippen LogP contribution in [-0.2, 0) is 10.0 Å². The number of rotatable bonds is 6. The summed E-state index contributed by atoms with van der Waals surface area (Å²) >= 11 is 0. The number of ether oxygens (including phenoxy) is 1. The lowest BCUT2D eigenvalue weighted by molar-refractivity contribution is 0.461. The minimum absolute atomic E-state index is 0.0455. The molecule has 1 N–H and O–H groups in total. The number of benzene rings is 3. The van der Waals surface area contributed by atoms with Gasteiger partial charge in [-0.2, -0.15) is 10.2 Å². The van der Waals surface area contributed by atoms with Crippen molar-refractivity contribution in [2.75, 3.05) is 4.72 Å². The van der Waals surface area contributed by atoms with Crippen molar-refractivity contribution in [3.8, 4) is 29.0 Å². The molecule has 4 aromatic rings. The number of para-hydroxylation sites is 1. The highest BCUT2D eigenvalue weighted by Crippen LogP contribution is 2.32. The smallest absolute Gasteiger partial charge is 0.264 e. The molecular formula is C25H20N4O3S. The van der Waals surface area contributed by atoms with E-state index in [1.54, 1.807) is 36.4 Å². The molecule has 0 aliphatic rings. The van der Waals surface area contributed by atoms with Crippen molar-refractivity contribution in [2.24, 2.45) is 0 Å². The number of hydrogen-bond donors (Lipinski definition) is 1. The van der Waals surface area contributed by atoms with Crippen LogP contribution in [0.2, 0.25) is 0 Å². The third-order valence-corrected chi connectivity index (χ3v) is 6.17. The van der Waals surface area contributed by atoms with Gasteiger partial charge in [-0.3, -0.25) is 0 Å². The van der Waals surface area contributed by atoms with Crippen LogP contribution in [0.1, 0.15) is 16.7 Å². The van der Waals surface area contributed by atoms with E-state index < -0.39 is 10.0 Å². The normalized spacial score (nSPS) is 10.9. The van der Waals surface area contributed by atoms with E-state index in [9.17, 15) is 13.7 Å². The number of sulfonamides is 1. The minimum atomic E-state index is -3.96. The maximum Gasteiger partial charge on any atom is 0.264 e. The molecule has 8 heteroatoms. The third kappa shape index (κ3) is 5.00. The fourth-order valence-electron chi connectivity index (χ4n) is 3.08. The lowest BCUT2D eigenvalue weighted by atomic mass is 10.1. The minimum Gasteiger partial charge on any atom is -0.437 e. The number of nitrogens with one attached hydrogen (secondary N) is 1. The van der Waals surface area contributed by atoms with Crippen molar-refractivity contribution >= 4 is 16.0 Å². The van der Waals surface area contributed by atoms with E-state index >= 15 is 0 Å². The SMILES string of the molecule is Cc1ccc(-c2nc(NS(=O)(=O)c3ccc(C)cc3)nc(Oc3ccccc3)c2C#N)cc1. The fraction of sp³-hybridized carbons (Fsp3) is 0.0800. The van der Waals surface area contributed by atoms with Gasteiger partial charge in [-0.15, -0.1) is 0 Å². The lowest BCUT2D eigenvalue weighted by Gasteiger charge is -2.13. The van der Waals surface area contributed by atoms with Crippen LogP contribution >= 0.6 is 0 Å². The molecule has 1 aromatic heterocycles. The molecule has 0 unspecified atom stereocenters. The summed E-state index contributed by atoms with van der Waals surface area (Å²) in [5, 5.41) is 9.87. The second-order valence-electron chi connectivity index (χ2n) is 7.39. The van der Waals surface area contributed by atoms with Gasteiger partial charge in [-0.05, 0) is 38.1 Å². The predicted octanol–water partition coefficient (Wildman–Crippen LogP) is 5.23. The van der Waals surface area contributed by atoms with Crippen LogP contribution in [0.5, 0.6) is 11.6 Å². The van der Waals surface area contributed by atoms with Crippen LogP contribution in [0.4, 0.5) is 5.95 Å². The number of nitriles is 1. The zero-order chi connectivity index (χ0) is 23.4. The van der Waals surface area contributed by atoms with Crippen LogP contribution < -0.4 is 9.46 Å². The van der Waals surface area contributed by atoms with Gasteiger partial charge in [-0.25, -0.2) is 18.1 Å². The van der Waals surface area contributed by atoms with Gasteiger partial charge in [0.2, 0.25) is 11.8 Å². The summed E-state index contributed by atoms with van der Waals surface area (Å²) < 4.78 is 34.1. The van der Waals surface area contributed by atoms with Gasteiger partial charge < -0.3 is 4.74 Å². The molecule has 0 aliphatic heterocycles. The standard InChI is InChI=1S/C25H20N4O3S/c1-17-8-12-19(13-9-17)23-22(16-26)24(32-20-6-4-3-5-7-20)28-25(27-23)29-33(30,31)21-14-10-18(2)11-15-21/h3-15H,1-2H3,(H,27,28,29). The van der Waals surface area contributed by atoms with E-state index in [1.165, 1.54) is 12.1 Å². The van der Waals surface area contributed by atoms with E-state index in [-0.39, 0.29) is 28.0 Å². The highest BCUT2D eigenvalue weighted by Gasteiger charge is 2.22. The molecule has 4 rings (SSSR count). The molecule has 0 spiro atoms. The van der Waals surface area contributed by atoms with E-state index in [4.69, 9.17) is 4.74 Å². The average molecular weight is 457 g/mol.